The Morgan fingerprint density at radius 2 is 1.89 bits per heavy atom. The fourth-order valence-electron chi connectivity index (χ4n) is 4.57. The lowest BCUT2D eigenvalue weighted by molar-refractivity contribution is -0.122. The van der Waals surface area contributed by atoms with E-state index < -0.39 is 0 Å². The number of fused-ring (bicyclic) bond motifs is 1. The Labute approximate surface area is 216 Å². The molecular formula is C28H29N3O2S2. The average molecular weight is 504 g/mol. The molecule has 0 saturated carbocycles. The molecule has 2 aliphatic heterocycles. The number of ether oxygens (including phenoxy) is 1. The van der Waals surface area contributed by atoms with Crippen LogP contribution in [-0.2, 0) is 11.3 Å². The number of nitrogens with zero attached hydrogens (tertiary/aromatic N) is 3. The van der Waals surface area contributed by atoms with Crippen molar-refractivity contribution in [3.8, 4) is 5.75 Å². The molecule has 0 aliphatic carbocycles. The summed E-state index contributed by atoms with van der Waals surface area (Å²) in [5.41, 5.74) is 4.15. The first-order valence-electron chi connectivity index (χ1n) is 12.0. The van der Waals surface area contributed by atoms with E-state index in [1.54, 1.807) is 12.0 Å². The number of hydrogen-bond acceptors (Lipinski definition) is 6. The minimum atomic E-state index is -0.0571. The first kappa shape index (κ1) is 23.8. The average Bonchev–Trinajstić information content (AvgIpc) is 3.12. The Bertz CT molecular complexity index is 1310. The number of piperidine rings is 1. The van der Waals surface area contributed by atoms with E-state index in [0.717, 1.165) is 65.4 Å². The van der Waals surface area contributed by atoms with E-state index in [2.05, 4.69) is 43.0 Å². The van der Waals surface area contributed by atoms with Crippen molar-refractivity contribution in [3.63, 3.8) is 0 Å². The lowest BCUT2D eigenvalue weighted by atomic mass is 9.98. The Morgan fingerprint density at radius 1 is 1.14 bits per heavy atom. The molecule has 0 bridgehead atoms. The van der Waals surface area contributed by atoms with Crippen molar-refractivity contribution in [2.45, 2.75) is 33.2 Å². The van der Waals surface area contributed by atoms with Gasteiger partial charge in [0.1, 0.15) is 15.9 Å². The predicted molar refractivity (Wildman–Crippen MR) is 149 cm³/mol. The first-order valence-corrected chi connectivity index (χ1v) is 13.2. The molecule has 2 saturated heterocycles. The SMILES string of the molecule is COc1ccc(CN2C(=O)/C(=C/c3cc4cc(C)ccc4nc3N3CCC(C)CC3)SC2=S)cc1. The fraction of sp³-hybridized carbons (Fsp3) is 0.321. The van der Waals surface area contributed by atoms with Crippen LogP contribution in [-0.4, -0.2) is 40.3 Å². The van der Waals surface area contributed by atoms with Gasteiger partial charge in [-0.15, -0.1) is 0 Å². The Hall–Kier alpha value is -2.90. The van der Waals surface area contributed by atoms with Gasteiger partial charge in [0.2, 0.25) is 0 Å². The minimum Gasteiger partial charge on any atom is -0.497 e. The van der Waals surface area contributed by atoms with Crippen LogP contribution in [0.4, 0.5) is 5.82 Å². The number of pyridine rings is 1. The van der Waals surface area contributed by atoms with Crippen LogP contribution < -0.4 is 9.64 Å². The van der Waals surface area contributed by atoms with Crippen molar-refractivity contribution in [2.24, 2.45) is 5.92 Å². The van der Waals surface area contributed by atoms with E-state index in [1.165, 1.54) is 17.3 Å². The van der Waals surface area contributed by atoms with E-state index in [1.807, 2.05) is 30.3 Å². The van der Waals surface area contributed by atoms with Crippen LogP contribution >= 0.6 is 24.0 Å². The van der Waals surface area contributed by atoms with Crippen molar-refractivity contribution in [2.75, 3.05) is 25.1 Å². The number of carbonyl (C=O) groups is 1. The second-order valence-corrected chi connectivity index (χ2v) is 11.1. The van der Waals surface area contributed by atoms with Gasteiger partial charge < -0.3 is 9.64 Å². The molecule has 2 aliphatic rings. The maximum Gasteiger partial charge on any atom is 0.266 e. The zero-order valence-corrected chi connectivity index (χ0v) is 21.9. The maximum atomic E-state index is 13.4. The number of hydrogen-bond donors (Lipinski definition) is 0. The minimum absolute atomic E-state index is 0.0571. The molecule has 0 N–H and O–H groups in total. The second-order valence-electron chi connectivity index (χ2n) is 9.38. The van der Waals surface area contributed by atoms with Crippen molar-refractivity contribution in [1.82, 2.24) is 9.88 Å². The topological polar surface area (TPSA) is 45.7 Å². The molecule has 2 fully saturated rings. The van der Waals surface area contributed by atoms with Crippen LogP contribution in [0.5, 0.6) is 5.75 Å². The van der Waals surface area contributed by atoms with Gasteiger partial charge in [-0.25, -0.2) is 4.98 Å². The quantitative estimate of drug-likeness (QED) is 0.306. The molecule has 35 heavy (non-hydrogen) atoms. The van der Waals surface area contributed by atoms with Gasteiger partial charge in [0.25, 0.3) is 5.91 Å². The van der Waals surface area contributed by atoms with Crippen molar-refractivity contribution in [1.29, 1.82) is 0 Å². The van der Waals surface area contributed by atoms with Crippen molar-refractivity contribution in [3.05, 3.63) is 70.1 Å². The van der Waals surface area contributed by atoms with Crippen LogP contribution in [0.15, 0.2) is 53.4 Å². The molecular weight excluding hydrogens is 474 g/mol. The van der Waals surface area contributed by atoms with Gasteiger partial charge in [0.05, 0.1) is 24.1 Å². The number of benzene rings is 2. The van der Waals surface area contributed by atoms with Crippen LogP contribution in [0.3, 0.4) is 0 Å². The largest absolute Gasteiger partial charge is 0.497 e. The number of amides is 1. The van der Waals surface area contributed by atoms with E-state index in [4.69, 9.17) is 21.9 Å². The third-order valence-corrected chi connectivity index (χ3v) is 8.10. The molecule has 0 atom stereocenters. The van der Waals surface area contributed by atoms with E-state index in [9.17, 15) is 4.79 Å². The maximum absolute atomic E-state index is 13.4. The molecule has 180 valence electrons. The number of aromatic nitrogens is 1. The van der Waals surface area contributed by atoms with Crippen LogP contribution in [0.1, 0.15) is 36.5 Å². The molecule has 3 aromatic rings. The molecule has 1 aromatic heterocycles. The van der Waals surface area contributed by atoms with Crippen LogP contribution in [0, 0.1) is 12.8 Å². The van der Waals surface area contributed by atoms with Gasteiger partial charge in [0.15, 0.2) is 0 Å². The summed E-state index contributed by atoms with van der Waals surface area (Å²) in [4.78, 5) is 23.1. The zero-order valence-electron chi connectivity index (χ0n) is 20.3. The van der Waals surface area contributed by atoms with E-state index >= 15 is 0 Å². The summed E-state index contributed by atoms with van der Waals surface area (Å²) in [5.74, 6) is 2.41. The standard InChI is InChI=1S/C28H29N3O2S2/c1-18-10-12-30(13-11-18)26-22(15-21-14-19(2)4-9-24(21)29-26)16-25-27(32)31(28(34)35-25)17-20-5-7-23(33-3)8-6-20/h4-9,14-16,18H,10-13,17H2,1-3H3/b25-16-. The summed E-state index contributed by atoms with van der Waals surface area (Å²) in [6, 6.07) is 16.2. The highest BCUT2D eigenvalue weighted by molar-refractivity contribution is 8.26. The zero-order chi connectivity index (χ0) is 24.5. The number of aryl methyl sites for hydroxylation is 1. The van der Waals surface area contributed by atoms with Gasteiger partial charge >= 0.3 is 0 Å². The molecule has 5 rings (SSSR count). The normalized spacial score (nSPS) is 18.2. The number of anilines is 1. The van der Waals surface area contributed by atoms with Crippen LogP contribution in [0.2, 0.25) is 0 Å². The monoisotopic (exact) mass is 503 g/mol. The van der Waals surface area contributed by atoms with Crippen LogP contribution in [0.25, 0.3) is 17.0 Å². The second kappa shape index (κ2) is 9.99. The Balaban J connectivity index is 1.48. The highest BCUT2D eigenvalue weighted by Gasteiger charge is 2.32. The lowest BCUT2D eigenvalue weighted by Crippen LogP contribution is -2.34. The molecule has 0 spiro atoms. The number of methoxy groups -OCH3 is 1. The van der Waals surface area contributed by atoms with Gasteiger partial charge in [-0.3, -0.25) is 9.69 Å². The van der Waals surface area contributed by atoms with Crippen molar-refractivity contribution < 1.29 is 9.53 Å². The molecule has 1 amide bonds. The van der Waals surface area contributed by atoms with Gasteiger partial charge in [-0.05, 0) is 67.7 Å². The number of thiocarbonyl (C=S) groups is 1. The summed E-state index contributed by atoms with van der Waals surface area (Å²) < 4.78 is 5.82. The molecule has 0 unspecified atom stereocenters. The highest BCUT2D eigenvalue weighted by Crippen LogP contribution is 2.36. The summed E-state index contributed by atoms with van der Waals surface area (Å²) >= 11 is 6.97. The first-order chi connectivity index (χ1) is 16.9. The fourth-order valence-corrected chi connectivity index (χ4v) is 5.82. The molecule has 7 heteroatoms. The summed E-state index contributed by atoms with van der Waals surface area (Å²) in [6.45, 7) is 6.79. The third-order valence-electron chi connectivity index (χ3n) is 6.72. The predicted octanol–water partition coefficient (Wildman–Crippen LogP) is 6.19. The van der Waals surface area contributed by atoms with Gasteiger partial charge in [0, 0.05) is 24.0 Å². The number of carbonyl (C=O) groups excluding carboxylic acids is 1. The Kier molecular flexibility index (Phi) is 6.80. The van der Waals surface area contributed by atoms with E-state index in [0.29, 0.717) is 15.8 Å². The van der Waals surface area contributed by atoms with Crippen molar-refractivity contribution >= 4 is 57.0 Å². The molecule has 3 heterocycles. The lowest BCUT2D eigenvalue weighted by Gasteiger charge is -2.32. The van der Waals surface area contributed by atoms with E-state index in [-0.39, 0.29) is 5.91 Å². The summed E-state index contributed by atoms with van der Waals surface area (Å²) in [6.07, 6.45) is 4.28. The summed E-state index contributed by atoms with van der Waals surface area (Å²) in [5, 5.41) is 1.08. The van der Waals surface area contributed by atoms with Gasteiger partial charge in [-0.1, -0.05) is 54.7 Å². The Morgan fingerprint density at radius 3 is 2.60 bits per heavy atom. The molecule has 2 aromatic carbocycles. The summed E-state index contributed by atoms with van der Waals surface area (Å²) in [7, 11) is 1.64. The molecule has 5 nitrogen and oxygen atoms in total. The molecule has 0 radical (unpaired) electrons. The number of rotatable bonds is 5. The smallest absolute Gasteiger partial charge is 0.266 e. The third kappa shape index (κ3) is 5.07. The highest BCUT2D eigenvalue weighted by atomic mass is 32.2. The number of thioether (sulfide) groups is 1. The van der Waals surface area contributed by atoms with Gasteiger partial charge in [-0.2, -0.15) is 0 Å².